The van der Waals surface area contributed by atoms with Gasteiger partial charge in [0.1, 0.15) is 0 Å². The third-order valence-corrected chi connectivity index (χ3v) is 3.22. The predicted octanol–water partition coefficient (Wildman–Crippen LogP) is 3.72. The quantitative estimate of drug-likeness (QED) is 0.732. The van der Waals surface area contributed by atoms with Crippen LogP contribution in [0.15, 0.2) is 0 Å². The van der Waals surface area contributed by atoms with E-state index in [0.29, 0.717) is 18.0 Å². The molecule has 1 atom stereocenters. The third kappa shape index (κ3) is 5.12. The second kappa shape index (κ2) is 8.25. The maximum absolute atomic E-state index is 5.99. The summed E-state index contributed by atoms with van der Waals surface area (Å²) in [6.45, 7) is 11.3. The van der Waals surface area contributed by atoms with Crippen molar-refractivity contribution in [1.82, 2.24) is 15.0 Å². The van der Waals surface area contributed by atoms with Gasteiger partial charge in [-0.25, -0.2) is 0 Å². The maximum atomic E-state index is 5.99. The van der Waals surface area contributed by atoms with E-state index in [1.165, 1.54) is 0 Å². The average molecular weight is 301 g/mol. The van der Waals surface area contributed by atoms with Crippen molar-refractivity contribution in [2.75, 3.05) is 11.4 Å². The fraction of sp³-hybridized carbons (Fsp3) is 0.786. The molecule has 0 saturated carbocycles. The SMILES string of the molecule is CCCCN(c1nc(Cl)nc(OC(C)C)n1)C(C)CC. The fourth-order valence-electron chi connectivity index (χ4n) is 1.78. The molecule has 0 fully saturated rings. The van der Waals surface area contributed by atoms with Crippen molar-refractivity contribution in [2.45, 2.75) is 66.0 Å². The zero-order valence-corrected chi connectivity index (χ0v) is 13.8. The largest absolute Gasteiger partial charge is 0.461 e. The number of nitrogens with zero attached hydrogens (tertiary/aromatic N) is 4. The average Bonchev–Trinajstić information content (AvgIpc) is 2.37. The van der Waals surface area contributed by atoms with Crippen LogP contribution in [-0.4, -0.2) is 33.6 Å². The van der Waals surface area contributed by atoms with E-state index < -0.39 is 0 Å². The van der Waals surface area contributed by atoms with Crippen LogP contribution in [0, 0.1) is 0 Å². The highest BCUT2D eigenvalue weighted by Gasteiger charge is 2.18. The molecule has 20 heavy (non-hydrogen) atoms. The van der Waals surface area contributed by atoms with Crippen molar-refractivity contribution in [3.05, 3.63) is 5.28 Å². The van der Waals surface area contributed by atoms with Gasteiger partial charge in [0.25, 0.3) is 0 Å². The van der Waals surface area contributed by atoms with E-state index in [-0.39, 0.29) is 11.4 Å². The molecule has 114 valence electrons. The van der Waals surface area contributed by atoms with Gasteiger partial charge in [0.15, 0.2) is 0 Å². The predicted molar refractivity (Wildman–Crippen MR) is 82.6 cm³/mol. The van der Waals surface area contributed by atoms with Crippen molar-refractivity contribution >= 4 is 17.5 Å². The van der Waals surface area contributed by atoms with Gasteiger partial charge < -0.3 is 9.64 Å². The van der Waals surface area contributed by atoms with E-state index in [9.17, 15) is 0 Å². The molecule has 1 aromatic heterocycles. The molecule has 0 saturated heterocycles. The minimum absolute atomic E-state index is 0.00834. The molecule has 0 radical (unpaired) electrons. The van der Waals surface area contributed by atoms with Gasteiger partial charge >= 0.3 is 6.01 Å². The molecule has 1 aromatic rings. The number of aromatic nitrogens is 3. The lowest BCUT2D eigenvalue weighted by Gasteiger charge is -2.28. The molecule has 0 bridgehead atoms. The van der Waals surface area contributed by atoms with E-state index >= 15 is 0 Å². The van der Waals surface area contributed by atoms with Crippen molar-refractivity contribution in [3.8, 4) is 6.01 Å². The normalized spacial score (nSPS) is 12.6. The van der Waals surface area contributed by atoms with E-state index in [1.54, 1.807) is 0 Å². The van der Waals surface area contributed by atoms with Crippen molar-refractivity contribution in [3.63, 3.8) is 0 Å². The Labute approximate surface area is 126 Å². The molecule has 0 N–H and O–H groups in total. The number of unbranched alkanes of at least 4 members (excludes halogenated alkanes) is 1. The van der Waals surface area contributed by atoms with E-state index in [0.717, 1.165) is 25.8 Å². The Hall–Kier alpha value is -1.10. The molecule has 1 heterocycles. The molecule has 1 unspecified atom stereocenters. The molecule has 0 aliphatic heterocycles. The second-order valence-corrected chi connectivity index (χ2v) is 5.50. The molecule has 5 nitrogen and oxygen atoms in total. The summed E-state index contributed by atoms with van der Waals surface area (Å²) in [5, 5.41) is 0.176. The third-order valence-electron chi connectivity index (χ3n) is 3.05. The Morgan fingerprint density at radius 2 is 1.85 bits per heavy atom. The van der Waals surface area contributed by atoms with Crippen LogP contribution >= 0.6 is 11.6 Å². The monoisotopic (exact) mass is 300 g/mol. The van der Waals surface area contributed by atoms with Gasteiger partial charge in [-0.2, -0.15) is 15.0 Å². The number of ether oxygens (including phenoxy) is 1. The highest BCUT2D eigenvalue weighted by Crippen LogP contribution is 2.19. The zero-order valence-electron chi connectivity index (χ0n) is 13.1. The van der Waals surface area contributed by atoms with Crippen LogP contribution < -0.4 is 9.64 Å². The Balaban J connectivity index is 3.01. The van der Waals surface area contributed by atoms with Crippen LogP contribution in [-0.2, 0) is 0 Å². The summed E-state index contributed by atoms with van der Waals surface area (Å²) < 4.78 is 5.53. The summed E-state index contributed by atoms with van der Waals surface area (Å²) in [6, 6.07) is 0.645. The first-order valence-corrected chi connectivity index (χ1v) is 7.70. The van der Waals surface area contributed by atoms with Crippen LogP contribution in [0.1, 0.15) is 53.9 Å². The lowest BCUT2D eigenvalue weighted by molar-refractivity contribution is 0.221. The molecular formula is C14H25ClN4O. The lowest BCUT2D eigenvalue weighted by Crippen LogP contribution is -2.35. The Kier molecular flexibility index (Phi) is 6.99. The van der Waals surface area contributed by atoms with Gasteiger partial charge in [0.2, 0.25) is 11.2 Å². The summed E-state index contributed by atoms with van der Waals surface area (Å²) >= 11 is 5.99. The van der Waals surface area contributed by atoms with Gasteiger partial charge in [-0.1, -0.05) is 20.3 Å². The van der Waals surface area contributed by atoms with Gasteiger partial charge in [0.05, 0.1) is 6.10 Å². The number of hydrogen-bond acceptors (Lipinski definition) is 5. The van der Waals surface area contributed by atoms with Crippen LogP contribution in [0.3, 0.4) is 0 Å². The molecule has 0 amide bonds. The Morgan fingerprint density at radius 1 is 1.15 bits per heavy atom. The smallest absolute Gasteiger partial charge is 0.322 e. The zero-order chi connectivity index (χ0) is 15.1. The van der Waals surface area contributed by atoms with Crippen LogP contribution in [0.25, 0.3) is 0 Å². The first-order chi connectivity index (χ1) is 9.47. The van der Waals surface area contributed by atoms with Crippen LogP contribution in [0.2, 0.25) is 5.28 Å². The second-order valence-electron chi connectivity index (χ2n) is 5.16. The highest BCUT2D eigenvalue weighted by molar-refractivity contribution is 6.28. The van der Waals surface area contributed by atoms with Crippen molar-refractivity contribution in [1.29, 1.82) is 0 Å². The summed E-state index contributed by atoms with van der Waals surface area (Å²) in [5.74, 6) is 0.600. The first-order valence-electron chi connectivity index (χ1n) is 7.32. The first kappa shape index (κ1) is 17.0. The summed E-state index contributed by atoms with van der Waals surface area (Å²) in [6.07, 6.45) is 3.25. The standard InChI is InChI=1S/C14H25ClN4O/c1-6-8-9-19(11(5)7-2)13-16-12(15)17-14(18-13)20-10(3)4/h10-11H,6-9H2,1-5H3. The molecule has 0 spiro atoms. The summed E-state index contributed by atoms with van der Waals surface area (Å²) in [7, 11) is 0. The minimum atomic E-state index is 0.00834. The van der Waals surface area contributed by atoms with E-state index in [4.69, 9.17) is 16.3 Å². The van der Waals surface area contributed by atoms with Crippen LogP contribution in [0.4, 0.5) is 5.95 Å². The number of halogens is 1. The summed E-state index contributed by atoms with van der Waals surface area (Å²) in [4.78, 5) is 14.8. The van der Waals surface area contributed by atoms with Crippen LogP contribution in [0.5, 0.6) is 6.01 Å². The van der Waals surface area contributed by atoms with Gasteiger partial charge in [-0.05, 0) is 45.2 Å². The molecule has 0 aliphatic carbocycles. The lowest BCUT2D eigenvalue weighted by atomic mass is 10.2. The van der Waals surface area contributed by atoms with Gasteiger partial charge in [-0.3, -0.25) is 0 Å². The minimum Gasteiger partial charge on any atom is -0.461 e. The summed E-state index contributed by atoms with van der Waals surface area (Å²) in [5.41, 5.74) is 0. The Morgan fingerprint density at radius 3 is 2.40 bits per heavy atom. The Bertz CT molecular complexity index is 414. The van der Waals surface area contributed by atoms with Gasteiger partial charge in [0, 0.05) is 12.6 Å². The highest BCUT2D eigenvalue weighted by atomic mass is 35.5. The maximum Gasteiger partial charge on any atom is 0.322 e. The molecule has 0 aliphatic rings. The van der Waals surface area contributed by atoms with E-state index in [1.807, 2.05) is 13.8 Å². The molecule has 0 aromatic carbocycles. The molecule has 1 rings (SSSR count). The number of rotatable bonds is 8. The van der Waals surface area contributed by atoms with Crippen molar-refractivity contribution < 1.29 is 4.74 Å². The topological polar surface area (TPSA) is 51.1 Å². The van der Waals surface area contributed by atoms with Crippen molar-refractivity contribution in [2.24, 2.45) is 0 Å². The number of anilines is 1. The molecular weight excluding hydrogens is 276 g/mol. The fourth-order valence-corrected chi connectivity index (χ4v) is 1.93. The van der Waals surface area contributed by atoms with E-state index in [2.05, 4.69) is 40.6 Å². The number of hydrogen-bond donors (Lipinski definition) is 0. The molecule has 6 heteroatoms. The van der Waals surface area contributed by atoms with Gasteiger partial charge in [-0.15, -0.1) is 0 Å².